The van der Waals surface area contributed by atoms with Gasteiger partial charge >= 0.3 is 0 Å². The van der Waals surface area contributed by atoms with E-state index in [0.29, 0.717) is 13.2 Å². The molecule has 3 N–H and O–H groups in total. The van der Waals surface area contributed by atoms with Gasteiger partial charge in [0.15, 0.2) is 0 Å². The van der Waals surface area contributed by atoms with Crippen LogP contribution in [0.15, 0.2) is 0 Å². The van der Waals surface area contributed by atoms with E-state index in [-0.39, 0.29) is 18.2 Å². The summed E-state index contributed by atoms with van der Waals surface area (Å²) in [5, 5.41) is 22.3. The Kier molecular flexibility index (Phi) is 3.07. The Morgan fingerprint density at radius 1 is 1.29 bits per heavy atom. The van der Waals surface area contributed by atoms with Crippen LogP contribution in [0, 0.1) is 0 Å². The largest absolute Gasteiger partial charge is 0.394 e. The fourth-order valence-electron chi connectivity index (χ4n) is 2.47. The monoisotopic (exact) mass is 201 g/mol. The number of rotatable bonds is 3. The summed E-state index contributed by atoms with van der Waals surface area (Å²) in [7, 11) is 0. The summed E-state index contributed by atoms with van der Waals surface area (Å²) >= 11 is 0. The maximum atomic E-state index is 9.59. The summed E-state index contributed by atoms with van der Waals surface area (Å²) in [6.45, 7) is 1.14. The van der Waals surface area contributed by atoms with Crippen LogP contribution in [0.2, 0.25) is 0 Å². The lowest BCUT2D eigenvalue weighted by Gasteiger charge is -2.32. The number of hydrogen-bond acceptors (Lipinski definition) is 4. The first-order chi connectivity index (χ1) is 6.76. The minimum atomic E-state index is -0.418. The third-order valence-electron chi connectivity index (χ3n) is 3.41. The second kappa shape index (κ2) is 4.14. The summed E-state index contributed by atoms with van der Waals surface area (Å²) in [4.78, 5) is 0. The normalized spacial score (nSPS) is 36.4. The molecule has 1 saturated heterocycles. The number of aliphatic hydroxyl groups excluding tert-OH is 2. The van der Waals surface area contributed by atoms with Gasteiger partial charge in [-0.2, -0.15) is 0 Å². The minimum Gasteiger partial charge on any atom is -0.394 e. The fourth-order valence-corrected chi connectivity index (χ4v) is 2.47. The molecule has 0 spiro atoms. The lowest BCUT2D eigenvalue weighted by molar-refractivity contribution is 0.102. The van der Waals surface area contributed by atoms with Crippen molar-refractivity contribution in [2.24, 2.45) is 0 Å². The summed E-state index contributed by atoms with van der Waals surface area (Å²) in [6.07, 6.45) is 3.92. The van der Waals surface area contributed by atoms with E-state index in [0.717, 1.165) is 25.7 Å². The van der Waals surface area contributed by atoms with E-state index in [9.17, 15) is 10.2 Å². The van der Waals surface area contributed by atoms with Crippen LogP contribution in [-0.2, 0) is 4.74 Å². The van der Waals surface area contributed by atoms with Gasteiger partial charge in [0.1, 0.15) is 0 Å². The molecule has 0 aromatic carbocycles. The van der Waals surface area contributed by atoms with Crippen LogP contribution in [-0.4, -0.2) is 47.7 Å². The zero-order valence-electron chi connectivity index (χ0n) is 8.41. The van der Waals surface area contributed by atoms with E-state index >= 15 is 0 Å². The molecule has 1 aliphatic heterocycles. The Hall–Kier alpha value is -0.160. The van der Waals surface area contributed by atoms with Crippen LogP contribution >= 0.6 is 0 Å². The van der Waals surface area contributed by atoms with E-state index in [4.69, 9.17) is 4.74 Å². The highest BCUT2D eigenvalue weighted by Gasteiger charge is 2.38. The molecule has 0 aromatic rings. The quantitative estimate of drug-likeness (QED) is 0.583. The van der Waals surface area contributed by atoms with Gasteiger partial charge in [-0.15, -0.1) is 0 Å². The Morgan fingerprint density at radius 3 is 2.50 bits per heavy atom. The molecule has 4 heteroatoms. The molecule has 0 radical (unpaired) electrons. The molecule has 1 aliphatic carbocycles. The molecule has 2 unspecified atom stereocenters. The van der Waals surface area contributed by atoms with Gasteiger partial charge < -0.3 is 20.3 Å². The molecule has 2 aliphatic rings. The number of aliphatic hydroxyl groups is 2. The van der Waals surface area contributed by atoms with Crippen LogP contribution in [0.3, 0.4) is 0 Å². The van der Waals surface area contributed by atoms with E-state index in [1.165, 1.54) is 0 Å². The van der Waals surface area contributed by atoms with Gasteiger partial charge in [0.25, 0.3) is 0 Å². The molecule has 0 amide bonds. The first-order valence-electron chi connectivity index (χ1n) is 5.40. The van der Waals surface area contributed by atoms with Crippen molar-refractivity contribution in [3.8, 4) is 0 Å². The van der Waals surface area contributed by atoms with Crippen LogP contribution in [0.4, 0.5) is 0 Å². The predicted molar refractivity (Wildman–Crippen MR) is 52.0 cm³/mol. The molecule has 2 rings (SSSR count). The SMILES string of the molecule is OCC1(NC2COCC2O)CCCC1. The number of nitrogens with one attached hydrogen (secondary N) is 1. The summed E-state index contributed by atoms with van der Waals surface area (Å²) in [5.41, 5.74) is -0.153. The van der Waals surface area contributed by atoms with Crippen LogP contribution < -0.4 is 5.32 Å². The van der Waals surface area contributed by atoms with Crippen molar-refractivity contribution >= 4 is 0 Å². The van der Waals surface area contributed by atoms with Gasteiger partial charge in [-0.05, 0) is 12.8 Å². The van der Waals surface area contributed by atoms with Gasteiger partial charge in [-0.3, -0.25) is 0 Å². The van der Waals surface area contributed by atoms with E-state index < -0.39 is 6.10 Å². The maximum Gasteiger partial charge on any atom is 0.0948 e. The van der Waals surface area contributed by atoms with Crippen molar-refractivity contribution < 1.29 is 14.9 Å². The summed E-state index contributed by atoms with van der Waals surface area (Å²) < 4.78 is 5.18. The Balaban J connectivity index is 1.93. The van der Waals surface area contributed by atoms with Crippen molar-refractivity contribution in [3.05, 3.63) is 0 Å². The standard InChI is InChI=1S/C10H19NO3/c12-7-10(3-1-2-4-10)11-8-5-14-6-9(8)13/h8-9,11-13H,1-7H2. The molecular weight excluding hydrogens is 182 g/mol. The summed E-state index contributed by atoms with van der Waals surface area (Å²) in [5.74, 6) is 0. The zero-order valence-corrected chi connectivity index (χ0v) is 8.41. The molecule has 1 saturated carbocycles. The van der Waals surface area contributed by atoms with Gasteiger partial charge in [-0.1, -0.05) is 12.8 Å². The maximum absolute atomic E-state index is 9.59. The number of ether oxygens (including phenoxy) is 1. The molecule has 2 fully saturated rings. The minimum absolute atomic E-state index is 0.000231. The Bertz CT molecular complexity index is 192. The molecule has 14 heavy (non-hydrogen) atoms. The average molecular weight is 201 g/mol. The fraction of sp³-hybridized carbons (Fsp3) is 1.00. The van der Waals surface area contributed by atoms with Crippen LogP contribution in [0.5, 0.6) is 0 Å². The van der Waals surface area contributed by atoms with Gasteiger partial charge in [0.2, 0.25) is 0 Å². The molecule has 4 nitrogen and oxygen atoms in total. The lowest BCUT2D eigenvalue weighted by Crippen LogP contribution is -2.54. The van der Waals surface area contributed by atoms with Crippen molar-refractivity contribution in [1.29, 1.82) is 0 Å². The van der Waals surface area contributed by atoms with Crippen molar-refractivity contribution in [1.82, 2.24) is 5.32 Å². The molecule has 0 bridgehead atoms. The van der Waals surface area contributed by atoms with Crippen LogP contribution in [0.1, 0.15) is 25.7 Å². The summed E-state index contributed by atoms with van der Waals surface area (Å²) in [6, 6.07) is 0.000231. The highest BCUT2D eigenvalue weighted by Crippen LogP contribution is 2.30. The smallest absolute Gasteiger partial charge is 0.0948 e. The molecule has 1 heterocycles. The highest BCUT2D eigenvalue weighted by atomic mass is 16.5. The second-order valence-corrected chi connectivity index (χ2v) is 4.50. The van der Waals surface area contributed by atoms with Crippen LogP contribution in [0.25, 0.3) is 0 Å². The van der Waals surface area contributed by atoms with Crippen molar-refractivity contribution in [2.45, 2.75) is 43.4 Å². The van der Waals surface area contributed by atoms with Gasteiger partial charge in [-0.25, -0.2) is 0 Å². The van der Waals surface area contributed by atoms with E-state index in [1.807, 2.05) is 0 Å². The molecular formula is C10H19NO3. The molecule has 82 valence electrons. The zero-order chi connectivity index (χ0) is 10.0. The van der Waals surface area contributed by atoms with E-state index in [2.05, 4.69) is 5.32 Å². The number of hydrogen-bond donors (Lipinski definition) is 3. The molecule has 0 aromatic heterocycles. The third-order valence-corrected chi connectivity index (χ3v) is 3.41. The first-order valence-corrected chi connectivity index (χ1v) is 5.40. The van der Waals surface area contributed by atoms with Crippen molar-refractivity contribution in [3.63, 3.8) is 0 Å². The first kappa shape index (κ1) is 10.4. The Morgan fingerprint density at radius 2 is 2.00 bits per heavy atom. The average Bonchev–Trinajstić information content (AvgIpc) is 2.79. The predicted octanol–water partition coefficient (Wildman–Crippen LogP) is -0.359. The Labute approximate surface area is 84.3 Å². The second-order valence-electron chi connectivity index (χ2n) is 4.50. The molecule has 2 atom stereocenters. The van der Waals surface area contributed by atoms with E-state index in [1.54, 1.807) is 0 Å². The van der Waals surface area contributed by atoms with Gasteiger partial charge in [0, 0.05) is 5.54 Å². The topological polar surface area (TPSA) is 61.7 Å². The third kappa shape index (κ3) is 1.93. The van der Waals surface area contributed by atoms with Gasteiger partial charge in [0.05, 0.1) is 32.0 Å². The highest BCUT2D eigenvalue weighted by molar-refractivity contribution is 4.97. The lowest BCUT2D eigenvalue weighted by atomic mass is 9.97. The van der Waals surface area contributed by atoms with Crippen molar-refractivity contribution in [2.75, 3.05) is 19.8 Å².